The summed E-state index contributed by atoms with van der Waals surface area (Å²) in [5.41, 5.74) is 13.1. The van der Waals surface area contributed by atoms with Crippen molar-refractivity contribution in [1.82, 2.24) is 9.97 Å². The SMILES string of the molecule is N=C(N)c1cc(Cl)c(-c2nc3c(oc4ccc(Br)cc43)c(=O)[nH]2)cc1N. The van der Waals surface area contributed by atoms with Crippen molar-refractivity contribution in [3.63, 3.8) is 0 Å². The van der Waals surface area contributed by atoms with Gasteiger partial charge in [0.25, 0.3) is 5.56 Å². The summed E-state index contributed by atoms with van der Waals surface area (Å²) in [6, 6.07) is 8.40. The molecule has 0 spiro atoms. The number of benzene rings is 2. The number of hydrogen-bond acceptors (Lipinski definition) is 5. The molecular formula is C17H11BrClN5O2. The fourth-order valence-electron chi connectivity index (χ4n) is 2.76. The molecule has 0 bridgehead atoms. The van der Waals surface area contributed by atoms with Gasteiger partial charge < -0.3 is 20.9 Å². The van der Waals surface area contributed by atoms with Gasteiger partial charge in [0.15, 0.2) is 0 Å². The van der Waals surface area contributed by atoms with E-state index in [1.165, 1.54) is 12.1 Å². The van der Waals surface area contributed by atoms with Crippen molar-refractivity contribution in [2.45, 2.75) is 0 Å². The molecule has 0 saturated heterocycles. The Bertz CT molecular complexity index is 1280. The zero-order valence-electron chi connectivity index (χ0n) is 13.1. The first-order valence-electron chi connectivity index (χ1n) is 7.41. The van der Waals surface area contributed by atoms with Crippen molar-refractivity contribution in [2.75, 3.05) is 5.73 Å². The number of nitrogens with zero attached hydrogens (tertiary/aromatic N) is 1. The second-order valence-electron chi connectivity index (χ2n) is 5.67. The molecule has 6 N–H and O–H groups in total. The molecule has 9 heteroatoms. The average molecular weight is 433 g/mol. The summed E-state index contributed by atoms with van der Waals surface area (Å²) in [5, 5.41) is 8.49. The number of hydrogen-bond donors (Lipinski definition) is 4. The molecule has 4 rings (SSSR count). The number of nitrogens with two attached hydrogens (primary N) is 2. The van der Waals surface area contributed by atoms with E-state index in [1.54, 1.807) is 6.07 Å². The maximum Gasteiger partial charge on any atom is 0.294 e. The van der Waals surface area contributed by atoms with Gasteiger partial charge in [-0.2, -0.15) is 0 Å². The summed E-state index contributed by atoms with van der Waals surface area (Å²) in [5.74, 6) is 0.0514. The normalized spacial score (nSPS) is 11.3. The molecule has 0 aliphatic rings. The number of nitrogens with one attached hydrogen (secondary N) is 2. The molecule has 0 amide bonds. The number of halogens is 2. The third-order valence-electron chi connectivity index (χ3n) is 3.97. The molecule has 0 aliphatic heterocycles. The third-order valence-corrected chi connectivity index (χ3v) is 4.78. The second kappa shape index (κ2) is 5.86. The Morgan fingerprint density at radius 3 is 2.81 bits per heavy atom. The van der Waals surface area contributed by atoms with Crippen molar-refractivity contribution in [3.8, 4) is 11.4 Å². The lowest BCUT2D eigenvalue weighted by Crippen LogP contribution is -2.14. The van der Waals surface area contributed by atoms with E-state index in [2.05, 4.69) is 25.9 Å². The first-order chi connectivity index (χ1) is 12.3. The van der Waals surface area contributed by atoms with Gasteiger partial charge in [-0.1, -0.05) is 27.5 Å². The number of furan rings is 1. The summed E-state index contributed by atoms with van der Waals surface area (Å²) < 4.78 is 6.44. The van der Waals surface area contributed by atoms with Crippen LogP contribution in [0.2, 0.25) is 5.02 Å². The minimum atomic E-state index is -0.428. The van der Waals surface area contributed by atoms with Crippen LogP contribution in [0.25, 0.3) is 33.5 Å². The smallest absolute Gasteiger partial charge is 0.294 e. The van der Waals surface area contributed by atoms with Crippen LogP contribution in [0.5, 0.6) is 0 Å². The fourth-order valence-corrected chi connectivity index (χ4v) is 3.37. The van der Waals surface area contributed by atoms with Gasteiger partial charge in [0.05, 0.1) is 5.02 Å². The van der Waals surface area contributed by atoms with Crippen LogP contribution in [0.1, 0.15) is 5.56 Å². The van der Waals surface area contributed by atoms with E-state index in [0.29, 0.717) is 27.6 Å². The van der Waals surface area contributed by atoms with Crippen LogP contribution in [0, 0.1) is 5.41 Å². The van der Waals surface area contributed by atoms with Gasteiger partial charge in [-0.05, 0) is 30.3 Å². The van der Waals surface area contributed by atoms with Gasteiger partial charge in [-0.3, -0.25) is 10.2 Å². The number of fused-ring (bicyclic) bond motifs is 3. The maximum absolute atomic E-state index is 12.5. The highest BCUT2D eigenvalue weighted by Crippen LogP contribution is 2.32. The summed E-state index contributed by atoms with van der Waals surface area (Å²) in [7, 11) is 0. The number of rotatable bonds is 2. The zero-order valence-corrected chi connectivity index (χ0v) is 15.4. The minimum Gasteiger partial charge on any atom is -0.449 e. The number of anilines is 1. The highest BCUT2D eigenvalue weighted by molar-refractivity contribution is 9.10. The Kier molecular flexibility index (Phi) is 3.74. The molecule has 0 saturated carbocycles. The van der Waals surface area contributed by atoms with Gasteiger partial charge in [0.2, 0.25) is 5.58 Å². The molecule has 0 aliphatic carbocycles. The van der Waals surface area contributed by atoms with Crippen LogP contribution >= 0.6 is 27.5 Å². The van der Waals surface area contributed by atoms with Crippen molar-refractivity contribution in [3.05, 3.63) is 55.7 Å². The summed E-state index contributed by atoms with van der Waals surface area (Å²) in [6.45, 7) is 0. The number of nitrogen functional groups attached to an aromatic ring is 2. The van der Waals surface area contributed by atoms with Crippen LogP contribution < -0.4 is 17.0 Å². The second-order valence-corrected chi connectivity index (χ2v) is 6.99. The van der Waals surface area contributed by atoms with Gasteiger partial charge in [-0.25, -0.2) is 4.98 Å². The standard InChI is InChI=1S/C17H11BrClN5O2/c18-6-1-2-12-9(3-6)13-14(26-12)17(25)24-16(23-13)7-5-11(20)8(15(21)22)4-10(7)19/h1-5H,20H2,(H3,21,22)(H,23,24,25). The van der Waals surface area contributed by atoms with Gasteiger partial charge in [0, 0.05) is 26.7 Å². The van der Waals surface area contributed by atoms with Gasteiger partial charge in [0.1, 0.15) is 22.8 Å². The topological polar surface area (TPSA) is 135 Å². The van der Waals surface area contributed by atoms with Crippen LogP contribution in [-0.2, 0) is 0 Å². The van der Waals surface area contributed by atoms with E-state index < -0.39 is 5.56 Å². The van der Waals surface area contributed by atoms with E-state index in [-0.39, 0.29) is 28.0 Å². The first kappa shape index (κ1) is 16.6. The molecule has 26 heavy (non-hydrogen) atoms. The molecular weight excluding hydrogens is 422 g/mol. The monoisotopic (exact) mass is 431 g/mol. The Labute approximate surface area is 159 Å². The molecule has 0 fully saturated rings. The van der Waals surface area contributed by atoms with Crippen molar-refractivity contribution in [1.29, 1.82) is 5.41 Å². The molecule has 0 atom stereocenters. The number of amidine groups is 1. The van der Waals surface area contributed by atoms with E-state index in [0.717, 1.165) is 4.47 Å². The third kappa shape index (κ3) is 2.54. The Morgan fingerprint density at radius 2 is 2.08 bits per heavy atom. The molecule has 0 unspecified atom stereocenters. The lowest BCUT2D eigenvalue weighted by atomic mass is 10.1. The van der Waals surface area contributed by atoms with Crippen LogP contribution in [0.3, 0.4) is 0 Å². The first-order valence-corrected chi connectivity index (χ1v) is 8.58. The summed E-state index contributed by atoms with van der Waals surface area (Å²) in [4.78, 5) is 19.6. The van der Waals surface area contributed by atoms with Crippen molar-refractivity contribution < 1.29 is 4.42 Å². The molecule has 0 radical (unpaired) electrons. The zero-order chi connectivity index (χ0) is 18.6. The number of aromatic amines is 1. The number of aromatic nitrogens is 2. The minimum absolute atomic E-state index is 0.131. The van der Waals surface area contributed by atoms with Crippen molar-refractivity contribution in [2.24, 2.45) is 5.73 Å². The molecule has 130 valence electrons. The average Bonchev–Trinajstić information content (AvgIpc) is 2.95. The quantitative estimate of drug-likeness (QED) is 0.218. The summed E-state index contributed by atoms with van der Waals surface area (Å²) >= 11 is 9.70. The highest BCUT2D eigenvalue weighted by Gasteiger charge is 2.17. The van der Waals surface area contributed by atoms with Crippen LogP contribution in [0.4, 0.5) is 5.69 Å². The Hall–Kier alpha value is -2.84. The largest absolute Gasteiger partial charge is 0.449 e. The lowest BCUT2D eigenvalue weighted by molar-refractivity contribution is 0.661. The fraction of sp³-hybridized carbons (Fsp3) is 0. The Morgan fingerprint density at radius 1 is 1.31 bits per heavy atom. The van der Waals surface area contributed by atoms with E-state index in [4.69, 9.17) is 32.9 Å². The van der Waals surface area contributed by atoms with Gasteiger partial charge in [-0.15, -0.1) is 0 Å². The summed E-state index contributed by atoms with van der Waals surface area (Å²) in [6.07, 6.45) is 0. The molecule has 4 aromatic rings. The molecule has 7 nitrogen and oxygen atoms in total. The predicted octanol–water partition coefficient (Wildman–Crippen LogP) is 3.62. The van der Waals surface area contributed by atoms with Crippen LogP contribution in [0.15, 0.2) is 44.0 Å². The van der Waals surface area contributed by atoms with E-state index in [1.807, 2.05) is 12.1 Å². The highest BCUT2D eigenvalue weighted by atomic mass is 79.9. The Balaban J connectivity index is 2.02. The molecule has 2 heterocycles. The number of H-pyrrole nitrogens is 1. The van der Waals surface area contributed by atoms with E-state index in [9.17, 15) is 4.79 Å². The van der Waals surface area contributed by atoms with Crippen LogP contribution in [-0.4, -0.2) is 15.8 Å². The van der Waals surface area contributed by atoms with Gasteiger partial charge >= 0.3 is 0 Å². The maximum atomic E-state index is 12.5. The molecule has 2 aromatic carbocycles. The predicted molar refractivity (Wildman–Crippen MR) is 106 cm³/mol. The lowest BCUT2D eigenvalue weighted by Gasteiger charge is -2.09. The van der Waals surface area contributed by atoms with Crippen molar-refractivity contribution >= 4 is 61.1 Å². The molecule has 2 aromatic heterocycles. The van der Waals surface area contributed by atoms with E-state index >= 15 is 0 Å².